The lowest BCUT2D eigenvalue weighted by atomic mass is 10.1. The maximum Gasteiger partial charge on any atom is 0.116 e. The van der Waals surface area contributed by atoms with E-state index in [1.807, 2.05) is 48.5 Å². The molecular formula is C30H26N4. The Morgan fingerprint density at radius 1 is 0.588 bits per heavy atom. The van der Waals surface area contributed by atoms with Gasteiger partial charge in [-0.3, -0.25) is 0 Å². The van der Waals surface area contributed by atoms with E-state index < -0.39 is 0 Å². The molecule has 0 bridgehead atoms. The van der Waals surface area contributed by atoms with Gasteiger partial charge in [-0.25, -0.2) is 0 Å². The van der Waals surface area contributed by atoms with E-state index in [9.17, 15) is 0 Å². The summed E-state index contributed by atoms with van der Waals surface area (Å²) >= 11 is 0. The summed E-state index contributed by atoms with van der Waals surface area (Å²) < 4.78 is 0. The second kappa shape index (κ2) is 9.20. The van der Waals surface area contributed by atoms with E-state index >= 15 is 0 Å². The fourth-order valence-corrected chi connectivity index (χ4v) is 4.04. The molecular weight excluding hydrogens is 416 g/mol. The highest BCUT2D eigenvalue weighted by Crippen LogP contribution is 2.41. The molecule has 0 atom stereocenters. The molecule has 0 aliphatic carbocycles. The van der Waals surface area contributed by atoms with Crippen LogP contribution in [0, 0.1) is 13.8 Å². The van der Waals surface area contributed by atoms with E-state index in [0.29, 0.717) is 11.4 Å². The largest absolute Gasteiger partial charge is 0.397 e. The highest BCUT2D eigenvalue weighted by Gasteiger charge is 2.16. The Bertz CT molecular complexity index is 1420. The number of rotatable bonds is 5. The molecule has 0 fully saturated rings. The second-order valence-electron chi connectivity index (χ2n) is 8.42. The molecule has 0 aromatic heterocycles. The van der Waals surface area contributed by atoms with Crippen LogP contribution in [0.5, 0.6) is 0 Å². The molecule has 5 rings (SSSR count). The van der Waals surface area contributed by atoms with Crippen molar-refractivity contribution < 1.29 is 0 Å². The molecule has 0 heterocycles. The summed E-state index contributed by atoms with van der Waals surface area (Å²) in [6, 6.07) is 37.0. The average Bonchev–Trinajstić information content (AvgIpc) is 2.86. The van der Waals surface area contributed by atoms with E-state index in [2.05, 4.69) is 84.5 Å². The van der Waals surface area contributed by atoms with Crippen LogP contribution in [-0.4, -0.2) is 0 Å². The lowest BCUT2D eigenvalue weighted by molar-refractivity contribution is 1.20. The fourth-order valence-electron chi connectivity index (χ4n) is 4.04. The summed E-state index contributed by atoms with van der Waals surface area (Å²) in [5.41, 5.74) is 13.8. The fraction of sp³-hybridized carbons (Fsp3) is 0.0667. The zero-order valence-corrected chi connectivity index (χ0v) is 19.3. The van der Waals surface area contributed by atoms with Gasteiger partial charge < -0.3 is 10.6 Å². The maximum atomic E-state index is 6.29. The van der Waals surface area contributed by atoms with Crippen molar-refractivity contribution in [1.29, 1.82) is 0 Å². The van der Waals surface area contributed by atoms with Gasteiger partial charge in [-0.1, -0.05) is 77.9 Å². The van der Waals surface area contributed by atoms with Crippen LogP contribution in [-0.2, 0) is 0 Å². The first kappa shape index (κ1) is 21.4. The van der Waals surface area contributed by atoms with Crippen molar-refractivity contribution in [3.8, 4) is 0 Å². The first-order chi connectivity index (χ1) is 16.6. The van der Waals surface area contributed by atoms with Gasteiger partial charge >= 0.3 is 0 Å². The molecule has 0 aliphatic rings. The number of nitrogens with two attached hydrogens (primary N) is 1. The molecule has 5 aromatic carbocycles. The van der Waals surface area contributed by atoms with Gasteiger partial charge in [0, 0.05) is 16.8 Å². The van der Waals surface area contributed by atoms with Gasteiger partial charge in [0.2, 0.25) is 0 Å². The summed E-state index contributed by atoms with van der Waals surface area (Å²) in [7, 11) is 0. The van der Waals surface area contributed by atoms with Crippen molar-refractivity contribution in [1.82, 2.24) is 0 Å². The maximum absolute atomic E-state index is 6.29. The van der Waals surface area contributed by atoms with E-state index in [1.165, 1.54) is 11.1 Å². The molecule has 0 radical (unpaired) electrons. The summed E-state index contributed by atoms with van der Waals surface area (Å²) in [5, 5.41) is 11.4. The molecule has 0 amide bonds. The summed E-state index contributed by atoms with van der Waals surface area (Å²) in [4.78, 5) is 2.21. The van der Waals surface area contributed by atoms with Crippen molar-refractivity contribution in [2.45, 2.75) is 13.8 Å². The quantitative estimate of drug-likeness (QED) is 0.218. The predicted octanol–water partition coefficient (Wildman–Crippen LogP) is 8.92. The third-order valence-electron chi connectivity index (χ3n) is 5.90. The lowest BCUT2D eigenvalue weighted by Crippen LogP contribution is -2.10. The number of anilines is 4. The normalized spacial score (nSPS) is 11.2. The minimum atomic E-state index is 0.605. The van der Waals surface area contributed by atoms with Crippen molar-refractivity contribution in [3.05, 3.63) is 120 Å². The Balaban J connectivity index is 1.64. The number of hydrogen-bond donors (Lipinski definition) is 1. The van der Waals surface area contributed by atoms with Crippen LogP contribution >= 0.6 is 0 Å². The van der Waals surface area contributed by atoms with E-state index in [0.717, 1.165) is 33.5 Å². The Labute approximate surface area is 200 Å². The molecule has 0 saturated carbocycles. The molecule has 34 heavy (non-hydrogen) atoms. The van der Waals surface area contributed by atoms with Gasteiger partial charge in [0.25, 0.3) is 0 Å². The number of para-hydroxylation sites is 1. The van der Waals surface area contributed by atoms with Crippen molar-refractivity contribution in [2.75, 3.05) is 10.6 Å². The smallest absolute Gasteiger partial charge is 0.116 e. The molecule has 5 aromatic rings. The molecule has 166 valence electrons. The third-order valence-corrected chi connectivity index (χ3v) is 5.90. The van der Waals surface area contributed by atoms with Gasteiger partial charge in [0.15, 0.2) is 0 Å². The van der Waals surface area contributed by atoms with Crippen LogP contribution in [0.3, 0.4) is 0 Å². The average molecular weight is 443 g/mol. The van der Waals surface area contributed by atoms with Crippen LogP contribution in [0.2, 0.25) is 0 Å². The summed E-state index contributed by atoms with van der Waals surface area (Å²) in [6.07, 6.45) is 0. The van der Waals surface area contributed by atoms with E-state index in [-0.39, 0.29) is 0 Å². The van der Waals surface area contributed by atoms with Crippen LogP contribution in [0.25, 0.3) is 10.8 Å². The number of hydrogen-bond acceptors (Lipinski definition) is 4. The number of aryl methyl sites for hydroxylation is 2. The highest BCUT2D eigenvalue weighted by atomic mass is 15.2. The molecule has 0 aliphatic heterocycles. The van der Waals surface area contributed by atoms with Crippen LogP contribution in [0.4, 0.5) is 34.1 Å². The number of benzene rings is 5. The Hall–Kier alpha value is -4.44. The van der Waals surface area contributed by atoms with Crippen LogP contribution in [0.1, 0.15) is 11.1 Å². The number of azo groups is 1. The van der Waals surface area contributed by atoms with Gasteiger partial charge in [0.05, 0.1) is 11.4 Å². The van der Waals surface area contributed by atoms with E-state index in [4.69, 9.17) is 10.8 Å². The Morgan fingerprint density at radius 2 is 1.18 bits per heavy atom. The molecule has 4 nitrogen and oxygen atoms in total. The van der Waals surface area contributed by atoms with Gasteiger partial charge in [-0.2, -0.15) is 0 Å². The van der Waals surface area contributed by atoms with E-state index in [1.54, 1.807) is 0 Å². The molecule has 0 saturated heterocycles. The number of nitrogens with zero attached hydrogens (tertiary/aromatic N) is 3. The van der Waals surface area contributed by atoms with Crippen molar-refractivity contribution in [2.24, 2.45) is 10.2 Å². The van der Waals surface area contributed by atoms with Gasteiger partial charge in [-0.05, 0) is 61.7 Å². The van der Waals surface area contributed by atoms with Crippen LogP contribution in [0.15, 0.2) is 119 Å². The minimum absolute atomic E-state index is 0.605. The third kappa shape index (κ3) is 4.26. The monoisotopic (exact) mass is 442 g/mol. The molecule has 4 heteroatoms. The molecule has 0 unspecified atom stereocenters. The minimum Gasteiger partial charge on any atom is -0.397 e. The number of nitrogen functional groups attached to an aromatic ring is 1. The first-order valence-electron chi connectivity index (χ1n) is 11.3. The van der Waals surface area contributed by atoms with Crippen LogP contribution < -0.4 is 10.6 Å². The lowest BCUT2D eigenvalue weighted by Gasteiger charge is -2.26. The SMILES string of the molecule is Cc1ccc(N(c2ccc(C)cc2)c2ccccc2N=Nc2c(N)ccc3ccccc23)cc1. The van der Waals surface area contributed by atoms with Crippen molar-refractivity contribution >= 4 is 44.9 Å². The Morgan fingerprint density at radius 3 is 1.85 bits per heavy atom. The molecule has 2 N–H and O–H groups in total. The van der Waals surface area contributed by atoms with Crippen molar-refractivity contribution in [3.63, 3.8) is 0 Å². The predicted molar refractivity (Wildman–Crippen MR) is 143 cm³/mol. The second-order valence-corrected chi connectivity index (χ2v) is 8.42. The number of fused-ring (bicyclic) bond motifs is 1. The van der Waals surface area contributed by atoms with Gasteiger partial charge in [-0.15, -0.1) is 10.2 Å². The Kier molecular flexibility index (Phi) is 5.79. The molecule has 0 spiro atoms. The summed E-state index contributed by atoms with van der Waals surface area (Å²) in [5.74, 6) is 0. The zero-order chi connectivity index (χ0) is 23.5. The summed E-state index contributed by atoms with van der Waals surface area (Å²) in [6.45, 7) is 4.19. The first-order valence-corrected chi connectivity index (χ1v) is 11.3. The zero-order valence-electron chi connectivity index (χ0n) is 19.3. The standard InChI is InChI=1S/C30H26N4/c1-21-11-16-24(17-12-21)34(25-18-13-22(2)14-19-25)29-10-6-5-9-28(29)32-33-30-26-8-4-3-7-23(26)15-20-27(30)31/h3-20H,31H2,1-2H3. The van der Waals surface area contributed by atoms with Gasteiger partial charge in [0.1, 0.15) is 11.4 Å². The topological polar surface area (TPSA) is 54.0 Å². The highest BCUT2D eigenvalue weighted by molar-refractivity contribution is 5.97.